The Labute approximate surface area is 168 Å². The predicted octanol–water partition coefficient (Wildman–Crippen LogP) is 5.82. The number of hydrogen-bond acceptors (Lipinski definition) is 3. The van der Waals surface area contributed by atoms with E-state index in [4.69, 9.17) is 9.05 Å². The van der Waals surface area contributed by atoms with Crippen molar-refractivity contribution in [3.63, 3.8) is 0 Å². The van der Waals surface area contributed by atoms with Gasteiger partial charge in [0, 0.05) is 23.5 Å². The third-order valence-electron chi connectivity index (χ3n) is 5.33. The molecule has 0 bridgehead atoms. The maximum absolute atomic E-state index is 13.8. The van der Waals surface area contributed by atoms with E-state index < -0.39 is 8.09 Å². The van der Waals surface area contributed by atoms with E-state index in [1.165, 1.54) is 4.34 Å². The Morgan fingerprint density at radius 2 is 1.07 bits per heavy atom. The summed E-state index contributed by atoms with van der Waals surface area (Å²) in [5, 5.41) is 4.25. The van der Waals surface area contributed by atoms with Crippen LogP contribution in [0.4, 0.5) is 0 Å². The highest BCUT2D eigenvalue weighted by atomic mass is 31.2. The third-order valence-corrected chi connectivity index (χ3v) is 7.02. The zero-order valence-corrected chi connectivity index (χ0v) is 16.3. The lowest BCUT2D eigenvalue weighted by Crippen LogP contribution is -2.26. The molecule has 5 aromatic rings. The molecule has 0 N–H and O–H groups in total. The Morgan fingerprint density at radius 3 is 1.59 bits per heavy atom. The first-order chi connectivity index (χ1) is 14.2. The molecule has 1 aliphatic rings. The molecule has 0 saturated carbocycles. The Hall–Kier alpha value is -3.33. The van der Waals surface area contributed by atoms with Crippen LogP contribution in [-0.2, 0) is 0 Å². The van der Waals surface area contributed by atoms with Crippen molar-refractivity contribution in [2.24, 2.45) is 0 Å². The molecule has 1 aliphatic heterocycles. The maximum atomic E-state index is 13.8. The Bertz CT molecular complexity index is 1290. The molecule has 140 valence electrons. The zero-order valence-electron chi connectivity index (χ0n) is 15.4. The van der Waals surface area contributed by atoms with Gasteiger partial charge in [-0.2, -0.15) is 4.34 Å². The first kappa shape index (κ1) is 16.6. The second-order valence-electron chi connectivity index (χ2n) is 7.03. The van der Waals surface area contributed by atoms with E-state index >= 15 is 0 Å². The van der Waals surface area contributed by atoms with Gasteiger partial charge in [-0.3, -0.25) is 9.05 Å². The first-order valence-electron chi connectivity index (χ1n) is 9.40. The fraction of sp³-hybridized carbons (Fsp3) is 0. The Kier molecular flexibility index (Phi) is 3.48. The van der Waals surface area contributed by atoms with E-state index in [1.807, 2.05) is 48.5 Å². The molecule has 0 atom stereocenters. The second kappa shape index (κ2) is 6.08. The molecule has 1 aromatic heterocycles. The fourth-order valence-corrected chi connectivity index (χ4v) is 5.53. The number of hydrogen-bond donors (Lipinski definition) is 0. The Morgan fingerprint density at radius 1 is 0.586 bits per heavy atom. The number of benzene rings is 4. The van der Waals surface area contributed by atoms with Crippen LogP contribution < -0.4 is 13.9 Å². The van der Waals surface area contributed by atoms with Crippen molar-refractivity contribution in [3.05, 3.63) is 97.3 Å². The summed E-state index contributed by atoms with van der Waals surface area (Å²) in [4.78, 5) is 13.8. The molecule has 0 aliphatic carbocycles. The van der Waals surface area contributed by atoms with E-state index in [9.17, 15) is 4.89 Å². The standard InChI is InChI=1S/C24H16NO3P/c26-29(25-15-5-6-16-25)27-21-13-11-17-7-1-3-9-19(17)23(21)24-20-10-4-2-8-18(20)12-14-22(24)28-29/h1-16H. The summed E-state index contributed by atoms with van der Waals surface area (Å²) in [6.45, 7) is 0. The van der Waals surface area contributed by atoms with Crippen LogP contribution in [0.1, 0.15) is 0 Å². The van der Waals surface area contributed by atoms with Gasteiger partial charge in [0.05, 0.1) is 0 Å². The van der Waals surface area contributed by atoms with Crippen molar-refractivity contribution in [2.75, 3.05) is 0 Å². The van der Waals surface area contributed by atoms with Crippen molar-refractivity contribution in [3.8, 4) is 22.6 Å². The smallest absolute Gasteiger partial charge is 0.437 e. The van der Waals surface area contributed by atoms with Gasteiger partial charge in [-0.05, 0) is 45.8 Å². The van der Waals surface area contributed by atoms with Crippen molar-refractivity contribution in [1.29, 1.82) is 0 Å². The molecule has 0 spiro atoms. The fourth-order valence-electron chi connectivity index (χ4n) is 4.02. The van der Waals surface area contributed by atoms with E-state index in [2.05, 4.69) is 24.3 Å². The molecular formula is C24H16NO3P. The summed E-state index contributed by atoms with van der Waals surface area (Å²) >= 11 is 0. The Balaban J connectivity index is 1.77. The van der Waals surface area contributed by atoms with Crippen molar-refractivity contribution in [2.45, 2.75) is 0 Å². The third kappa shape index (κ3) is 2.47. The van der Waals surface area contributed by atoms with Gasteiger partial charge in [-0.25, -0.2) is 0 Å². The quantitative estimate of drug-likeness (QED) is 0.335. The number of aromatic nitrogens is 1. The second-order valence-corrected chi connectivity index (χ2v) is 8.80. The average molecular weight is 397 g/mol. The lowest BCUT2D eigenvalue weighted by Gasteiger charge is -2.26. The van der Waals surface area contributed by atoms with Gasteiger partial charge in [0.1, 0.15) is 0 Å². The van der Waals surface area contributed by atoms with Gasteiger partial charge in [0.25, 0.3) is 0 Å². The van der Waals surface area contributed by atoms with Crippen LogP contribution in [-0.4, -0.2) is 4.34 Å². The van der Waals surface area contributed by atoms with Crippen molar-refractivity contribution >= 4 is 29.6 Å². The van der Waals surface area contributed by atoms with Gasteiger partial charge in [-0.15, -0.1) is 0 Å². The van der Waals surface area contributed by atoms with Crippen LogP contribution in [0.2, 0.25) is 0 Å². The molecule has 6 rings (SSSR count). The predicted molar refractivity (Wildman–Crippen MR) is 115 cm³/mol. The van der Waals surface area contributed by atoms with Gasteiger partial charge in [0.2, 0.25) is 0 Å². The molecular weight excluding hydrogens is 381 g/mol. The maximum Gasteiger partial charge on any atom is 0.437 e. The normalized spacial score (nSPS) is 14.5. The summed E-state index contributed by atoms with van der Waals surface area (Å²) in [6, 6.07) is 27.7. The highest BCUT2D eigenvalue weighted by Gasteiger charge is 2.41. The molecule has 4 nitrogen and oxygen atoms in total. The van der Waals surface area contributed by atoms with Crippen molar-refractivity contribution in [1.82, 2.24) is 4.34 Å². The first-order valence-corrected chi connectivity index (χ1v) is 10.9. The van der Waals surface area contributed by atoms with Crippen LogP contribution in [0.3, 0.4) is 0 Å². The summed E-state index contributed by atoms with van der Waals surface area (Å²) in [6.07, 6.45) is 3.40. The van der Waals surface area contributed by atoms with Gasteiger partial charge < -0.3 is 4.89 Å². The number of rotatable bonds is 1. The lowest BCUT2D eigenvalue weighted by atomic mass is 9.92. The minimum atomic E-state index is -3.67. The van der Waals surface area contributed by atoms with Gasteiger partial charge >= 0.3 is 8.09 Å². The minimum Gasteiger partial charge on any atom is -0.596 e. The average Bonchev–Trinajstić information content (AvgIpc) is 3.26. The van der Waals surface area contributed by atoms with E-state index in [-0.39, 0.29) is 0 Å². The highest BCUT2D eigenvalue weighted by Crippen LogP contribution is 2.61. The lowest BCUT2D eigenvalue weighted by molar-refractivity contribution is -0.206. The largest absolute Gasteiger partial charge is 0.596 e. The monoisotopic (exact) mass is 397 g/mol. The van der Waals surface area contributed by atoms with E-state index in [0.29, 0.717) is 11.5 Å². The number of fused-ring (bicyclic) bond motifs is 7. The van der Waals surface area contributed by atoms with Crippen LogP contribution >= 0.6 is 8.09 Å². The molecule has 0 unspecified atom stereocenters. The topological polar surface area (TPSA) is 46.5 Å². The molecule has 0 fully saturated rings. The van der Waals surface area contributed by atoms with Gasteiger partial charge in [0.15, 0.2) is 11.5 Å². The van der Waals surface area contributed by atoms with Gasteiger partial charge in [-0.1, -0.05) is 60.7 Å². The minimum absolute atomic E-state index is 0.552. The zero-order chi connectivity index (χ0) is 19.4. The molecule has 0 amide bonds. The molecule has 4 aromatic carbocycles. The summed E-state index contributed by atoms with van der Waals surface area (Å²) < 4.78 is 13.8. The molecule has 0 radical (unpaired) electrons. The number of nitrogens with zero attached hydrogens (tertiary/aromatic N) is 1. The molecule has 2 heterocycles. The SMILES string of the molecule is [O-][P+]1(n2cccc2)Oc2ccc3ccccc3c2-c2c(ccc3ccccc23)O1. The van der Waals surface area contributed by atoms with E-state index in [1.54, 1.807) is 24.5 Å². The summed E-state index contributed by atoms with van der Waals surface area (Å²) in [7, 11) is -3.67. The van der Waals surface area contributed by atoms with Crippen LogP contribution in [0.5, 0.6) is 11.5 Å². The van der Waals surface area contributed by atoms with Crippen LogP contribution in [0.25, 0.3) is 32.7 Å². The highest BCUT2D eigenvalue weighted by molar-refractivity contribution is 7.58. The molecule has 5 heteroatoms. The van der Waals surface area contributed by atoms with Crippen LogP contribution in [0.15, 0.2) is 97.3 Å². The molecule has 0 saturated heterocycles. The summed E-state index contributed by atoms with van der Waals surface area (Å²) in [5.74, 6) is 1.10. The molecule has 29 heavy (non-hydrogen) atoms. The van der Waals surface area contributed by atoms with Crippen molar-refractivity contribution < 1.29 is 13.9 Å². The van der Waals surface area contributed by atoms with E-state index in [0.717, 1.165) is 32.7 Å². The van der Waals surface area contributed by atoms with Crippen LogP contribution in [0, 0.1) is 0 Å². The summed E-state index contributed by atoms with van der Waals surface area (Å²) in [5.41, 5.74) is 1.81.